The molecule has 80 valence electrons. The number of aliphatic hydroxyl groups is 1. The Bertz CT molecular complexity index is 245. The van der Waals surface area contributed by atoms with Crippen LogP contribution >= 0.6 is 0 Å². The lowest BCUT2D eigenvalue weighted by Gasteiger charge is -2.27. The van der Waals surface area contributed by atoms with E-state index in [1.165, 1.54) is 0 Å². The van der Waals surface area contributed by atoms with Crippen LogP contribution in [-0.2, 0) is 14.2 Å². The van der Waals surface area contributed by atoms with Gasteiger partial charge in [0.25, 0.3) is 0 Å². The minimum Gasteiger partial charge on any atom is -0.394 e. The molecule has 2 fully saturated rings. The molecule has 0 saturated carbocycles. The van der Waals surface area contributed by atoms with Gasteiger partial charge in [-0.2, -0.15) is 0 Å². The van der Waals surface area contributed by atoms with Gasteiger partial charge < -0.3 is 19.3 Å². The molecule has 2 aliphatic rings. The minimum atomic E-state index is -0.578. The van der Waals surface area contributed by atoms with Gasteiger partial charge in [0.2, 0.25) is 0 Å². The van der Waals surface area contributed by atoms with Crippen molar-refractivity contribution in [2.75, 3.05) is 6.61 Å². The highest BCUT2D eigenvalue weighted by molar-refractivity contribution is 6.12. The lowest BCUT2D eigenvalue weighted by atomic mass is 9.82. The second kappa shape index (κ2) is 2.95. The van der Waals surface area contributed by atoms with Crippen LogP contribution in [0.4, 0.5) is 0 Å². The average Bonchev–Trinajstić information content (AvgIpc) is 2.42. The van der Waals surface area contributed by atoms with Crippen molar-refractivity contribution in [3.05, 3.63) is 0 Å². The van der Waals surface area contributed by atoms with Gasteiger partial charge in [-0.1, -0.05) is 0 Å². The lowest BCUT2D eigenvalue weighted by molar-refractivity contribution is -0.195. The van der Waals surface area contributed by atoms with Crippen molar-refractivity contribution >= 4 is 7.85 Å². The second-order valence-corrected chi connectivity index (χ2v) is 4.72. The molecule has 0 unspecified atom stereocenters. The highest BCUT2D eigenvalue weighted by atomic mass is 16.8. The van der Waals surface area contributed by atoms with E-state index in [0.29, 0.717) is 0 Å². The number of hydrogen-bond acceptors (Lipinski definition) is 4. The topological polar surface area (TPSA) is 47.9 Å². The molecule has 0 spiro atoms. The molecule has 4 atom stereocenters. The van der Waals surface area contributed by atoms with Crippen LogP contribution in [0.1, 0.15) is 20.8 Å². The fraction of sp³-hybridized carbons (Fsp3) is 1.00. The van der Waals surface area contributed by atoms with Crippen molar-refractivity contribution in [2.24, 2.45) is 0 Å². The van der Waals surface area contributed by atoms with Crippen LogP contribution in [0, 0.1) is 0 Å². The van der Waals surface area contributed by atoms with Crippen molar-refractivity contribution in [1.82, 2.24) is 0 Å². The molecule has 1 N–H and O–H groups in total. The normalized spacial score (nSPS) is 50.7. The molecule has 0 bridgehead atoms. The third kappa shape index (κ3) is 1.31. The Balaban J connectivity index is 2.26. The number of rotatable bonds is 1. The SMILES string of the molecule is B[C@@H]1O[C@H](CO)[C@H]2OC(C)(C)O[C@@]12C. The zero-order valence-electron chi connectivity index (χ0n) is 9.11. The average molecular weight is 200 g/mol. The smallest absolute Gasteiger partial charge is 0.164 e. The molecule has 2 saturated heterocycles. The maximum absolute atomic E-state index is 9.15. The fourth-order valence-corrected chi connectivity index (χ4v) is 2.40. The van der Waals surface area contributed by atoms with Crippen LogP contribution in [0.3, 0.4) is 0 Å². The van der Waals surface area contributed by atoms with Crippen LogP contribution in [0.5, 0.6) is 0 Å². The molecule has 0 aromatic heterocycles. The molecule has 4 nitrogen and oxygen atoms in total. The molecule has 0 radical (unpaired) electrons. The summed E-state index contributed by atoms with van der Waals surface area (Å²) < 4.78 is 17.2. The van der Waals surface area contributed by atoms with Crippen LogP contribution in [0.15, 0.2) is 0 Å². The van der Waals surface area contributed by atoms with E-state index in [9.17, 15) is 0 Å². The van der Waals surface area contributed by atoms with E-state index in [1.807, 2.05) is 28.6 Å². The zero-order chi connectivity index (χ0) is 10.6. The van der Waals surface area contributed by atoms with Crippen LogP contribution < -0.4 is 0 Å². The quantitative estimate of drug-likeness (QED) is 0.565. The lowest BCUT2D eigenvalue weighted by Crippen LogP contribution is -2.44. The van der Waals surface area contributed by atoms with Crippen molar-refractivity contribution in [3.8, 4) is 0 Å². The highest BCUT2D eigenvalue weighted by Crippen LogP contribution is 2.45. The first-order valence-corrected chi connectivity index (χ1v) is 5.03. The molecule has 0 aliphatic carbocycles. The Kier molecular flexibility index (Phi) is 2.20. The molecular weight excluding hydrogens is 183 g/mol. The molecule has 0 aromatic carbocycles. The molecule has 14 heavy (non-hydrogen) atoms. The number of aliphatic hydroxyl groups excluding tert-OH is 1. The van der Waals surface area contributed by atoms with Crippen molar-refractivity contribution in [2.45, 2.75) is 50.4 Å². The van der Waals surface area contributed by atoms with Crippen LogP contribution in [-0.4, -0.2) is 49.2 Å². The molecular formula is C9H17BO4. The van der Waals surface area contributed by atoms with Crippen molar-refractivity contribution in [3.63, 3.8) is 0 Å². The number of ether oxygens (including phenoxy) is 3. The Hall–Kier alpha value is -0.0951. The van der Waals surface area contributed by atoms with E-state index in [0.717, 1.165) is 0 Å². The Morgan fingerprint density at radius 1 is 1.36 bits per heavy atom. The van der Waals surface area contributed by atoms with E-state index in [1.54, 1.807) is 0 Å². The standard InChI is InChI=1S/C9H17BO4/c1-8(2)13-6-5(4-11)12-7(10)9(6,3)14-8/h5-7,11H,4,10H2,1-3H3/t5-,6-,7-,9-/m1/s1. The van der Waals surface area contributed by atoms with E-state index >= 15 is 0 Å². The third-order valence-corrected chi connectivity index (χ3v) is 3.15. The van der Waals surface area contributed by atoms with E-state index < -0.39 is 11.4 Å². The molecule has 2 aliphatic heterocycles. The third-order valence-electron chi connectivity index (χ3n) is 3.15. The Morgan fingerprint density at radius 3 is 2.57 bits per heavy atom. The summed E-state index contributed by atoms with van der Waals surface area (Å²) in [5, 5.41) is 9.15. The summed E-state index contributed by atoms with van der Waals surface area (Å²) in [6.07, 6.45) is -0.436. The van der Waals surface area contributed by atoms with Gasteiger partial charge in [0, 0.05) is 0 Å². The van der Waals surface area contributed by atoms with E-state index in [-0.39, 0.29) is 24.8 Å². The summed E-state index contributed by atoms with van der Waals surface area (Å²) in [5.41, 5.74) is -0.434. The van der Waals surface area contributed by atoms with Gasteiger partial charge >= 0.3 is 0 Å². The van der Waals surface area contributed by atoms with Gasteiger partial charge in [-0.05, 0) is 20.8 Å². The summed E-state index contributed by atoms with van der Waals surface area (Å²) >= 11 is 0. The fourth-order valence-electron chi connectivity index (χ4n) is 2.40. The van der Waals surface area contributed by atoms with Gasteiger partial charge in [-0.15, -0.1) is 0 Å². The van der Waals surface area contributed by atoms with Gasteiger partial charge in [0.15, 0.2) is 5.79 Å². The predicted molar refractivity (Wildman–Crippen MR) is 52.7 cm³/mol. The largest absolute Gasteiger partial charge is 0.394 e. The van der Waals surface area contributed by atoms with Gasteiger partial charge in [-0.3, -0.25) is 0 Å². The van der Waals surface area contributed by atoms with Gasteiger partial charge in [-0.25, -0.2) is 0 Å². The Morgan fingerprint density at radius 2 is 2.00 bits per heavy atom. The van der Waals surface area contributed by atoms with Crippen LogP contribution in [0.2, 0.25) is 0 Å². The van der Waals surface area contributed by atoms with Crippen molar-refractivity contribution < 1.29 is 19.3 Å². The zero-order valence-corrected chi connectivity index (χ0v) is 9.11. The second-order valence-electron chi connectivity index (χ2n) is 4.72. The first-order valence-electron chi connectivity index (χ1n) is 5.03. The predicted octanol–water partition coefficient (Wildman–Crippen LogP) is -0.753. The molecule has 2 heterocycles. The van der Waals surface area contributed by atoms with Gasteiger partial charge in [0.05, 0.1) is 12.6 Å². The monoisotopic (exact) mass is 200 g/mol. The Labute approximate surface area is 84.9 Å². The highest BCUT2D eigenvalue weighted by Gasteiger charge is 2.61. The van der Waals surface area contributed by atoms with Crippen LogP contribution in [0.25, 0.3) is 0 Å². The maximum atomic E-state index is 9.15. The summed E-state index contributed by atoms with van der Waals surface area (Å²) in [5.74, 6) is -0.578. The minimum absolute atomic E-state index is 0.0238. The number of hydrogen-bond donors (Lipinski definition) is 1. The molecule has 0 aromatic rings. The molecule has 0 amide bonds. The summed E-state index contributed by atoms with van der Waals surface area (Å²) in [4.78, 5) is 0. The summed E-state index contributed by atoms with van der Waals surface area (Å²) in [6, 6.07) is -0.0496. The van der Waals surface area contributed by atoms with Gasteiger partial charge in [0.1, 0.15) is 25.7 Å². The number of fused-ring (bicyclic) bond motifs is 1. The van der Waals surface area contributed by atoms with Crippen molar-refractivity contribution in [1.29, 1.82) is 0 Å². The molecule has 2 rings (SSSR count). The molecule has 5 heteroatoms. The summed E-state index contributed by atoms with van der Waals surface area (Å²) in [7, 11) is 1.95. The first-order chi connectivity index (χ1) is 6.39. The van der Waals surface area contributed by atoms with E-state index in [2.05, 4.69) is 0 Å². The first kappa shape index (κ1) is 10.4. The maximum Gasteiger partial charge on any atom is 0.164 e. The summed E-state index contributed by atoms with van der Waals surface area (Å²) in [6.45, 7) is 5.73. The van der Waals surface area contributed by atoms with E-state index in [4.69, 9.17) is 19.3 Å².